The average molecular weight is 618 g/mol. The Kier molecular flexibility index (Phi) is 6.51. The molecule has 0 amide bonds. The Labute approximate surface area is 277 Å². The Morgan fingerprint density at radius 2 is 1.15 bits per heavy atom. The minimum Gasteiger partial charge on any atom is -0.457 e. The van der Waals surface area contributed by atoms with Crippen LogP contribution in [0.4, 0.5) is 5.69 Å². The fourth-order valence-corrected chi connectivity index (χ4v) is 6.72. The number of aromatic nitrogens is 2. The first-order chi connectivity index (χ1) is 23.7. The summed E-state index contributed by atoms with van der Waals surface area (Å²) in [5.74, 6) is 1.52. The number of hydrogen-bond donors (Lipinski definition) is 0. The zero-order chi connectivity index (χ0) is 32.0. The summed E-state index contributed by atoms with van der Waals surface area (Å²) in [6.45, 7) is 7.70. The second-order valence-corrected chi connectivity index (χ2v) is 11.8. The molecular formula is C43H27N3O2. The molecule has 8 aromatic rings. The van der Waals surface area contributed by atoms with Crippen LogP contribution in [0.3, 0.4) is 0 Å². The lowest BCUT2D eigenvalue weighted by Gasteiger charge is -2.14. The van der Waals surface area contributed by atoms with Crippen LogP contribution in [0.25, 0.3) is 77.1 Å². The standard InChI is InChI=1S/C43H27N3O2/c1-44-32-17-19-41-35(25-32)34-14-8-9-15-40(34)46(41)33-18-21-43-37(26-33)36-22-30(16-20-42(36)47-27-48-43)31-23-38(28-10-4-2-5-11-28)45-39(24-31)29-12-6-3-7-13-29/h2-26H,27H2. The molecule has 9 rings (SSSR count). The maximum atomic E-state index is 7.57. The molecule has 48 heavy (non-hydrogen) atoms. The van der Waals surface area contributed by atoms with E-state index in [9.17, 15) is 0 Å². The van der Waals surface area contributed by atoms with Gasteiger partial charge in [-0.1, -0.05) is 91.0 Å². The second-order valence-electron chi connectivity index (χ2n) is 11.8. The van der Waals surface area contributed by atoms with Crippen LogP contribution in [0.2, 0.25) is 0 Å². The van der Waals surface area contributed by atoms with Gasteiger partial charge in [-0.3, -0.25) is 0 Å². The lowest BCUT2D eigenvalue weighted by atomic mass is 9.95. The SMILES string of the molecule is [C-]#[N+]c1ccc2c(c1)c1ccccc1n2-c1ccc2c(c1)-c1cc(-c3cc(-c4ccccc4)nc(-c4ccccc4)c3)ccc1OCO2. The number of rotatable bonds is 4. The number of hydrogen-bond acceptors (Lipinski definition) is 3. The minimum atomic E-state index is 0.124. The Bertz CT molecular complexity index is 2490. The molecule has 0 spiro atoms. The summed E-state index contributed by atoms with van der Waals surface area (Å²) in [5.41, 5.74) is 11.7. The van der Waals surface area contributed by atoms with Crippen molar-refractivity contribution in [1.29, 1.82) is 0 Å². The predicted molar refractivity (Wildman–Crippen MR) is 193 cm³/mol. The van der Waals surface area contributed by atoms with E-state index in [-0.39, 0.29) is 6.79 Å². The molecule has 0 atom stereocenters. The van der Waals surface area contributed by atoms with E-state index in [1.54, 1.807) is 0 Å². The van der Waals surface area contributed by atoms with Gasteiger partial charge in [0.15, 0.2) is 5.69 Å². The highest BCUT2D eigenvalue weighted by molar-refractivity contribution is 6.10. The molecule has 1 aliphatic heterocycles. The fraction of sp³-hybridized carbons (Fsp3) is 0.0233. The van der Waals surface area contributed by atoms with Crippen LogP contribution in [0, 0.1) is 6.57 Å². The third kappa shape index (κ3) is 4.67. The van der Waals surface area contributed by atoms with Crippen molar-refractivity contribution in [3.8, 4) is 62.0 Å². The predicted octanol–water partition coefficient (Wildman–Crippen LogP) is 11.1. The zero-order valence-electron chi connectivity index (χ0n) is 25.8. The van der Waals surface area contributed by atoms with E-state index in [4.69, 9.17) is 21.0 Å². The molecular weight excluding hydrogens is 590 g/mol. The Morgan fingerprint density at radius 1 is 0.521 bits per heavy atom. The van der Waals surface area contributed by atoms with E-state index >= 15 is 0 Å². The monoisotopic (exact) mass is 617 g/mol. The summed E-state index contributed by atoms with van der Waals surface area (Å²) >= 11 is 0. The van der Waals surface area contributed by atoms with Crippen molar-refractivity contribution in [2.24, 2.45) is 0 Å². The maximum Gasteiger partial charge on any atom is 0.230 e. The molecule has 5 nitrogen and oxygen atoms in total. The molecule has 0 fully saturated rings. The van der Waals surface area contributed by atoms with Gasteiger partial charge in [-0.25, -0.2) is 9.83 Å². The van der Waals surface area contributed by atoms with Crippen molar-refractivity contribution < 1.29 is 9.47 Å². The summed E-state index contributed by atoms with van der Waals surface area (Å²) in [6, 6.07) is 51.8. The molecule has 1 aliphatic rings. The van der Waals surface area contributed by atoms with Gasteiger partial charge in [-0.2, -0.15) is 0 Å². The van der Waals surface area contributed by atoms with Crippen LogP contribution in [0.5, 0.6) is 11.5 Å². The summed E-state index contributed by atoms with van der Waals surface area (Å²) in [5, 5.41) is 2.16. The molecule has 226 valence electrons. The van der Waals surface area contributed by atoms with Gasteiger partial charge in [-0.05, 0) is 77.2 Å². The van der Waals surface area contributed by atoms with Crippen LogP contribution >= 0.6 is 0 Å². The van der Waals surface area contributed by atoms with Crippen LogP contribution in [0.1, 0.15) is 0 Å². The normalized spacial score (nSPS) is 12.0. The Balaban J connectivity index is 1.23. The van der Waals surface area contributed by atoms with E-state index in [1.807, 2.05) is 72.8 Å². The number of benzene rings is 6. The van der Waals surface area contributed by atoms with Crippen LogP contribution in [-0.2, 0) is 0 Å². The molecule has 0 saturated heterocycles. The molecule has 6 aromatic carbocycles. The van der Waals surface area contributed by atoms with Gasteiger partial charge >= 0.3 is 0 Å². The highest BCUT2D eigenvalue weighted by Gasteiger charge is 2.21. The number of ether oxygens (including phenoxy) is 2. The third-order valence-electron chi connectivity index (χ3n) is 9.00. The van der Waals surface area contributed by atoms with Crippen molar-refractivity contribution in [2.75, 3.05) is 6.79 Å². The number of fused-ring (bicyclic) bond motifs is 6. The molecule has 0 unspecified atom stereocenters. The van der Waals surface area contributed by atoms with E-state index < -0.39 is 0 Å². The molecule has 0 N–H and O–H groups in total. The fourth-order valence-electron chi connectivity index (χ4n) is 6.72. The Morgan fingerprint density at radius 3 is 1.85 bits per heavy atom. The van der Waals surface area contributed by atoms with Crippen molar-refractivity contribution in [1.82, 2.24) is 9.55 Å². The maximum absolute atomic E-state index is 7.57. The van der Waals surface area contributed by atoms with Crippen molar-refractivity contribution in [2.45, 2.75) is 0 Å². The molecule has 0 radical (unpaired) electrons. The van der Waals surface area contributed by atoms with Crippen LogP contribution in [-0.4, -0.2) is 16.3 Å². The summed E-state index contributed by atoms with van der Waals surface area (Å²) in [6.07, 6.45) is 0. The lowest BCUT2D eigenvalue weighted by molar-refractivity contribution is 0.125. The van der Waals surface area contributed by atoms with Crippen molar-refractivity contribution in [3.63, 3.8) is 0 Å². The molecule has 2 aromatic heterocycles. The van der Waals surface area contributed by atoms with E-state index in [1.165, 1.54) is 0 Å². The smallest absolute Gasteiger partial charge is 0.230 e. The third-order valence-corrected chi connectivity index (χ3v) is 9.00. The van der Waals surface area contributed by atoms with Gasteiger partial charge in [0.25, 0.3) is 0 Å². The topological polar surface area (TPSA) is 40.6 Å². The molecule has 0 saturated carbocycles. The molecule has 0 aliphatic carbocycles. The van der Waals surface area contributed by atoms with Gasteiger partial charge in [0, 0.05) is 33.3 Å². The second kappa shape index (κ2) is 11.3. The quantitative estimate of drug-likeness (QED) is 0.185. The van der Waals surface area contributed by atoms with Gasteiger partial charge in [0.2, 0.25) is 6.79 Å². The van der Waals surface area contributed by atoms with Gasteiger partial charge < -0.3 is 14.0 Å². The largest absolute Gasteiger partial charge is 0.457 e. The summed E-state index contributed by atoms with van der Waals surface area (Å²) < 4.78 is 14.5. The number of para-hydroxylation sites is 1. The number of pyridine rings is 1. The molecule has 0 bridgehead atoms. The zero-order valence-corrected chi connectivity index (χ0v) is 25.8. The Hall–Kier alpha value is -6.64. The van der Waals surface area contributed by atoms with Gasteiger partial charge in [0.1, 0.15) is 11.5 Å². The highest BCUT2D eigenvalue weighted by atomic mass is 16.7. The number of nitrogens with zero attached hydrogens (tertiary/aromatic N) is 3. The summed E-state index contributed by atoms with van der Waals surface area (Å²) in [7, 11) is 0. The van der Waals surface area contributed by atoms with Crippen molar-refractivity contribution in [3.05, 3.63) is 163 Å². The first kappa shape index (κ1) is 27.7. The molecule has 3 heterocycles. The van der Waals surface area contributed by atoms with E-state index in [0.29, 0.717) is 5.69 Å². The van der Waals surface area contributed by atoms with E-state index in [2.05, 4.69) is 88.3 Å². The first-order valence-corrected chi connectivity index (χ1v) is 15.8. The van der Waals surface area contributed by atoms with Crippen molar-refractivity contribution >= 4 is 27.5 Å². The average Bonchev–Trinajstić information content (AvgIpc) is 3.37. The van der Waals surface area contributed by atoms with Crippen LogP contribution in [0.15, 0.2) is 152 Å². The lowest BCUT2D eigenvalue weighted by Crippen LogP contribution is -2.03. The van der Waals surface area contributed by atoms with Crippen LogP contribution < -0.4 is 9.47 Å². The summed E-state index contributed by atoms with van der Waals surface area (Å²) in [4.78, 5) is 8.76. The van der Waals surface area contributed by atoms with Gasteiger partial charge in [0.05, 0.1) is 29.0 Å². The van der Waals surface area contributed by atoms with E-state index in [0.717, 1.165) is 83.8 Å². The molecule has 5 heteroatoms. The highest BCUT2D eigenvalue weighted by Crippen LogP contribution is 2.44. The van der Waals surface area contributed by atoms with Gasteiger partial charge in [-0.15, -0.1) is 0 Å². The minimum absolute atomic E-state index is 0.124. The first-order valence-electron chi connectivity index (χ1n) is 15.8.